The highest BCUT2D eigenvalue weighted by molar-refractivity contribution is 8.76. The second-order valence-electron chi connectivity index (χ2n) is 5.55. The van der Waals surface area contributed by atoms with Gasteiger partial charge in [-0.2, -0.15) is 0 Å². The summed E-state index contributed by atoms with van der Waals surface area (Å²) in [4.78, 5) is 32.1. The van der Waals surface area contributed by atoms with E-state index in [0.29, 0.717) is 47.4 Å². The van der Waals surface area contributed by atoms with E-state index in [-0.39, 0.29) is 11.8 Å². The number of amides is 2. The van der Waals surface area contributed by atoms with Gasteiger partial charge in [-0.15, -0.1) is 0 Å². The molecule has 0 saturated carbocycles. The molecule has 9 N–H and O–H groups in total. The Kier molecular flexibility index (Phi) is 9.46. The van der Waals surface area contributed by atoms with E-state index in [9.17, 15) is 9.59 Å². The lowest BCUT2D eigenvalue weighted by Gasteiger charge is -2.16. The number of anilines is 2. The summed E-state index contributed by atoms with van der Waals surface area (Å²) in [6.07, 6.45) is 2.87. The molecule has 2 aromatic heterocycles. The van der Waals surface area contributed by atoms with Crippen LogP contribution in [0.4, 0.5) is 11.6 Å². The Balaban J connectivity index is 1.58. The zero-order chi connectivity index (χ0) is 21.1. The molecule has 0 bridgehead atoms. The van der Waals surface area contributed by atoms with Crippen LogP contribution in [0.15, 0.2) is 36.7 Å². The molecule has 0 spiro atoms. The van der Waals surface area contributed by atoms with Gasteiger partial charge in [-0.1, -0.05) is 21.6 Å². The lowest BCUT2D eigenvalue weighted by molar-refractivity contribution is 0.0765. The summed E-state index contributed by atoms with van der Waals surface area (Å²) in [6.45, 7) is 0.888. The third kappa shape index (κ3) is 7.40. The van der Waals surface area contributed by atoms with E-state index in [1.54, 1.807) is 45.9 Å². The van der Waals surface area contributed by atoms with E-state index in [4.69, 9.17) is 17.5 Å². The Morgan fingerprint density at radius 2 is 1.52 bits per heavy atom. The molecule has 0 aromatic carbocycles. The summed E-state index contributed by atoms with van der Waals surface area (Å²) in [5.74, 6) is 18.1. The average Bonchev–Trinajstić information content (AvgIpc) is 2.77. The molecule has 2 heterocycles. The monoisotopic (exact) mass is 437 g/mol. The second kappa shape index (κ2) is 12.1. The van der Waals surface area contributed by atoms with Crippen LogP contribution in [-0.2, 0) is 0 Å². The first kappa shape index (κ1) is 22.7. The zero-order valence-corrected chi connectivity index (χ0v) is 17.1. The van der Waals surface area contributed by atoms with Crippen LogP contribution in [0.25, 0.3) is 0 Å². The number of hydrogen-bond donors (Lipinski definition) is 6. The largest absolute Gasteiger partial charge is 0.351 e. The predicted octanol–water partition coefficient (Wildman–Crippen LogP) is 0.175. The van der Waals surface area contributed by atoms with Gasteiger partial charge >= 0.3 is 0 Å². The number of aromatic nitrogens is 2. The number of nitrogens with two attached hydrogens (primary N) is 3. The molecular weight excluding hydrogens is 414 g/mol. The van der Waals surface area contributed by atoms with Crippen LogP contribution < -0.4 is 33.7 Å². The van der Waals surface area contributed by atoms with E-state index in [1.807, 2.05) is 0 Å². The van der Waals surface area contributed by atoms with E-state index < -0.39 is 0 Å². The third-order valence-electron chi connectivity index (χ3n) is 3.56. The Bertz CT molecular complexity index is 790. The molecule has 0 aliphatic rings. The molecule has 0 fully saturated rings. The molecule has 2 aromatic rings. The molecule has 2 amide bonds. The maximum atomic E-state index is 12.2. The van der Waals surface area contributed by atoms with Crippen LogP contribution >= 0.6 is 21.6 Å². The van der Waals surface area contributed by atoms with Crippen molar-refractivity contribution in [1.29, 1.82) is 0 Å². The van der Waals surface area contributed by atoms with Crippen molar-refractivity contribution in [2.24, 2.45) is 17.5 Å². The summed E-state index contributed by atoms with van der Waals surface area (Å²) >= 11 is 0. The van der Waals surface area contributed by atoms with Gasteiger partial charge in [0.2, 0.25) is 0 Å². The molecule has 156 valence electrons. The maximum absolute atomic E-state index is 12.2. The molecule has 0 unspecified atom stereocenters. The van der Waals surface area contributed by atoms with E-state index >= 15 is 0 Å². The van der Waals surface area contributed by atoms with Gasteiger partial charge in [0, 0.05) is 37.0 Å². The predicted molar refractivity (Wildman–Crippen MR) is 117 cm³/mol. The molecule has 0 radical (unpaired) electrons. The van der Waals surface area contributed by atoms with Crippen LogP contribution in [0.2, 0.25) is 0 Å². The van der Waals surface area contributed by atoms with Crippen molar-refractivity contribution in [3.63, 3.8) is 0 Å². The Hall–Kier alpha value is -2.58. The van der Waals surface area contributed by atoms with Crippen molar-refractivity contribution < 1.29 is 9.59 Å². The highest BCUT2D eigenvalue weighted by Gasteiger charge is 2.12. The molecule has 29 heavy (non-hydrogen) atoms. The molecule has 0 aliphatic heterocycles. The van der Waals surface area contributed by atoms with Gasteiger partial charge in [-0.05, 0) is 24.3 Å². The van der Waals surface area contributed by atoms with Gasteiger partial charge in [0.05, 0.1) is 11.1 Å². The van der Waals surface area contributed by atoms with Gasteiger partial charge in [0.1, 0.15) is 11.6 Å². The summed E-state index contributed by atoms with van der Waals surface area (Å²) in [5.41, 5.74) is 5.64. The summed E-state index contributed by atoms with van der Waals surface area (Å²) in [6, 6.07) is 6.46. The molecular formula is C16H23N9O2S2. The van der Waals surface area contributed by atoms with Gasteiger partial charge in [0.15, 0.2) is 0 Å². The highest BCUT2D eigenvalue weighted by Crippen LogP contribution is 2.20. The molecule has 0 saturated heterocycles. The lowest BCUT2D eigenvalue weighted by Crippen LogP contribution is -2.39. The molecule has 13 heteroatoms. The van der Waals surface area contributed by atoms with Crippen molar-refractivity contribution in [2.75, 3.05) is 35.4 Å². The number of nitrogens with zero attached hydrogens (tertiary/aromatic N) is 3. The fourth-order valence-electron chi connectivity index (χ4n) is 2.05. The number of hydrazine groups is 3. The number of hydrogen-bond acceptors (Lipinski definition) is 11. The minimum absolute atomic E-state index is 0.199. The Morgan fingerprint density at radius 3 is 2.07 bits per heavy atom. The highest BCUT2D eigenvalue weighted by atomic mass is 33.1. The molecule has 11 nitrogen and oxygen atoms in total. The van der Waals surface area contributed by atoms with Gasteiger partial charge in [-0.3, -0.25) is 14.6 Å². The standard InChI is InChI=1S/C16H23N9O2S2/c17-23-13-3-1-11(9-21-13)15(26)20-5-7-28-29-8-6-25(19)16(27)12-2-4-14(24-18)22-10-12/h1-4,9-10H,5-8,17-19H2,(H,20,26)(H,21,23)(H,22,24). The van der Waals surface area contributed by atoms with E-state index in [1.165, 1.54) is 12.4 Å². The number of nitrogen functional groups attached to an aromatic ring is 2. The lowest BCUT2D eigenvalue weighted by atomic mass is 10.2. The quantitative estimate of drug-likeness (QED) is 0.0928. The third-order valence-corrected chi connectivity index (χ3v) is 5.95. The van der Waals surface area contributed by atoms with Gasteiger partial charge in [-0.25, -0.2) is 27.5 Å². The van der Waals surface area contributed by atoms with E-state index in [0.717, 1.165) is 5.01 Å². The van der Waals surface area contributed by atoms with Crippen LogP contribution in [0.5, 0.6) is 0 Å². The first-order valence-corrected chi connectivity index (χ1v) is 11.0. The number of carbonyl (C=O) groups is 2. The fraction of sp³-hybridized carbons (Fsp3) is 0.250. The molecule has 0 aliphatic carbocycles. The minimum atomic E-state index is -0.316. The number of nitrogens with one attached hydrogen (secondary N) is 3. The minimum Gasteiger partial charge on any atom is -0.351 e. The topological polar surface area (TPSA) is 177 Å². The zero-order valence-electron chi connectivity index (χ0n) is 15.5. The second-order valence-corrected chi connectivity index (χ2v) is 8.25. The van der Waals surface area contributed by atoms with Crippen molar-refractivity contribution >= 4 is 45.0 Å². The number of carbonyl (C=O) groups excluding carboxylic acids is 2. The SMILES string of the molecule is NNc1ccc(C(=O)NCCSSCCN(N)C(=O)c2ccc(NN)nc2)cn1. The van der Waals surface area contributed by atoms with Crippen molar-refractivity contribution in [3.05, 3.63) is 47.8 Å². The first-order valence-electron chi connectivity index (χ1n) is 8.49. The summed E-state index contributed by atoms with van der Waals surface area (Å²) in [7, 11) is 3.15. The fourth-order valence-corrected chi connectivity index (χ4v) is 3.92. The first-order chi connectivity index (χ1) is 14.0. The van der Waals surface area contributed by atoms with Crippen LogP contribution in [0.3, 0.4) is 0 Å². The van der Waals surface area contributed by atoms with Crippen LogP contribution in [-0.4, -0.2) is 51.4 Å². The van der Waals surface area contributed by atoms with E-state index in [2.05, 4.69) is 26.1 Å². The molecule has 0 atom stereocenters. The van der Waals surface area contributed by atoms with Crippen molar-refractivity contribution in [2.45, 2.75) is 0 Å². The smallest absolute Gasteiger partial charge is 0.269 e. The molecule has 2 rings (SSSR count). The Morgan fingerprint density at radius 1 is 0.931 bits per heavy atom. The summed E-state index contributed by atoms with van der Waals surface area (Å²) < 4.78 is 0. The van der Waals surface area contributed by atoms with Crippen LogP contribution in [0.1, 0.15) is 20.7 Å². The summed E-state index contributed by atoms with van der Waals surface area (Å²) in [5, 5.41) is 3.96. The van der Waals surface area contributed by atoms with Gasteiger partial charge < -0.3 is 16.2 Å². The average molecular weight is 438 g/mol. The van der Waals surface area contributed by atoms with Crippen molar-refractivity contribution in [1.82, 2.24) is 20.3 Å². The maximum Gasteiger partial charge on any atom is 0.269 e. The van der Waals surface area contributed by atoms with Crippen LogP contribution in [0, 0.1) is 0 Å². The number of pyridine rings is 2. The number of rotatable bonds is 11. The normalized spacial score (nSPS) is 10.3. The Labute approximate surface area is 175 Å². The van der Waals surface area contributed by atoms with Gasteiger partial charge in [0.25, 0.3) is 11.8 Å². The van der Waals surface area contributed by atoms with Crippen molar-refractivity contribution in [3.8, 4) is 0 Å².